The van der Waals surface area contributed by atoms with E-state index in [1.54, 1.807) is 17.5 Å². The van der Waals surface area contributed by atoms with E-state index in [9.17, 15) is 15.4 Å². The second-order valence-corrected chi connectivity index (χ2v) is 5.18. The molecule has 0 bridgehead atoms. The Morgan fingerprint density at radius 3 is 2.75 bits per heavy atom. The second-order valence-electron chi connectivity index (χ2n) is 3.80. The number of allylic oxidation sites excluding steroid dienone is 1. The Kier molecular flexibility index (Phi) is 4.03. The highest BCUT2D eigenvalue weighted by Crippen LogP contribution is 2.32. The van der Waals surface area contributed by atoms with Gasteiger partial charge in [-0.15, -0.1) is 11.3 Å². The van der Waals surface area contributed by atoms with E-state index in [1.165, 1.54) is 29.5 Å². The Hall–Kier alpha value is -2.36. The van der Waals surface area contributed by atoms with Crippen LogP contribution in [0.3, 0.4) is 0 Å². The van der Waals surface area contributed by atoms with E-state index >= 15 is 0 Å². The molecule has 2 N–H and O–H groups in total. The summed E-state index contributed by atoms with van der Waals surface area (Å²) in [6.45, 7) is 0. The summed E-state index contributed by atoms with van der Waals surface area (Å²) >= 11 is 7.09. The molecular weight excluding hydrogens is 298 g/mol. The SMILES string of the molecule is N#C/C(=C(/N)c1ccc(Cl)cc1[N+](=O)[O-])c1cccs1. The summed E-state index contributed by atoms with van der Waals surface area (Å²) in [4.78, 5) is 11.2. The molecule has 0 radical (unpaired) electrons. The average molecular weight is 306 g/mol. The Morgan fingerprint density at radius 2 is 2.20 bits per heavy atom. The van der Waals surface area contributed by atoms with Crippen LogP contribution in [0.25, 0.3) is 11.3 Å². The van der Waals surface area contributed by atoms with Crippen molar-refractivity contribution >= 4 is 39.9 Å². The van der Waals surface area contributed by atoms with Gasteiger partial charge in [0, 0.05) is 16.0 Å². The predicted molar refractivity (Wildman–Crippen MR) is 79.0 cm³/mol. The number of nitrogens with zero attached hydrogens (tertiary/aromatic N) is 2. The van der Waals surface area contributed by atoms with Gasteiger partial charge in [-0.1, -0.05) is 17.7 Å². The summed E-state index contributed by atoms with van der Waals surface area (Å²) in [5.74, 6) is 0. The molecule has 0 aliphatic heterocycles. The lowest BCUT2D eigenvalue weighted by Gasteiger charge is -2.06. The number of thiophene rings is 1. The summed E-state index contributed by atoms with van der Waals surface area (Å²) in [6.07, 6.45) is 0. The van der Waals surface area contributed by atoms with Crippen molar-refractivity contribution in [2.75, 3.05) is 0 Å². The van der Waals surface area contributed by atoms with Crippen LogP contribution in [0.2, 0.25) is 5.02 Å². The molecule has 20 heavy (non-hydrogen) atoms. The molecule has 1 aromatic carbocycles. The van der Waals surface area contributed by atoms with Gasteiger partial charge < -0.3 is 5.73 Å². The maximum Gasteiger partial charge on any atom is 0.280 e. The lowest BCUT2D eigenvalue weighted by atomic mass is 10.0. The van der Waals surface area contributed by atoms with Crippen LogP contribution in [0, 0.1) is 21.4 Å². The van der Waals surface area contributed by atoms with Crippen molar-refractivity contribution in [3.05, 3.63) is 61.3 Å². The molecule has 100 valence electrons. The number of benzene rings is 1. The summed E-state index contributed by atoms with van der Waals surface area (Å²) in [5, 5.41) is 22.3. The molecule has 0 saturated heterocycles. The number of nitrogens with two attached hydrogens (primary N) is 1. The largest absolute Gasteiger partial charge is 0.397 e. The molecule has 0 spiro atoms. The summed E-state index contributed by atoms with van der Waals surface area (Å²) < 4.78 is 0. The van der Waals surface area contributed by atoms with Gasteiger partial charge in [0.25, 0.3) is 5.69 Å². The fourth-order valence-corrected chi connectivity index (χ4v) is 2.59. The highest BCUT2D eigenvalue weighted by Gasteiger charge is 2.19. The Bertz CT molecular complexity index is 733. The first kappa shape index (κ1) is 14.1. The molecule has 0 fully saturated rings. The average Bonchev–Trinajstić information content (AvgIpc) is 2.93. The molecule has 2 rings (SSSR count). The predicted octanol–water partition coefficient (Wildman–Crippen LogP) is 3.66. The first-order chi connectivity index (χ1) is 9.54. The molecule has 0 unspecified atom stereocenters. The number of nitriles is 1. The molecule has 5 nitrogen and oxygen atoms in total. The Balaban J connectivity index is 2.67. The van der Waals surface area contributed by atoms with Crippen molar-refractivity contribution in [2.45, 2.75) is 0 Å². The standard InChI is InChI=1S/C13H8ClN3O2S/c14-8-3-4-9(11(6-8)17(18)19)13(16)10(7-15)12-2-1-5-20-12/h1-6H,16H2/b13-10-. The molecule has 1 aromatic heterocycles. The van der Waals surface area contributed by atoms with Gasteiger partial charge in [-0.2, -0.15) is 5.26 Å². The number of hydrogen-bond acceptors (Lipinski definition) is 5. The van der Waals surface area contributed by atoms with Gasteiger partial charge in [0.15, 0.2) is 0 Å². The minimum atomic E-state index is -0.572. The van der Waals surface area contributed by atoms with Gasteiger partial charge in [0.2, 0.25) is 0 Å². The van der Waals surface area contributed by atoms with Crippen LogP contribution in [0.5, 0.6) is 0 Å². The van der Waals surface area contributed by atoms with E-state index in [4.69, 9.17) is 17.3 Å². The smallest absolute Gasteiger partial charge is 0.280 e. The van der Waals surface area contributed by atoms with E-state index in [2.05, 4.69) is 0 Å². The van der Waals surface area contributed by atoms with Crippen LogP contribution in [0.1, 0.15) is 10.4 Å². The third-order valence-corrected chi connectivity index (χ3v) is 3.72. The topological polar surface area (TPSA) is 93.0 Å². The van der Waals surface area contributed by atoms with Gasteiger partial charge >= 0.3 is 0 Å². The molecule has 0 aliphatic rings. The second kappa shape index (κ2) is 5.74. The molecule has 0 aliphatic carbocycles. The van der Waals surface area contributed by atoms with Crippen LogP contribution in [-0.4, -0.2) is 4.92 Å². The van der Waals surface area contributed by atoms with E-state index in [0.29, 0.717) is 4.88 Å². The molecule has 0 amide bonds. The highest BCUT2D eigenvalue weighted by atomic mass is 35.5. The van der Waals surface area contributed by atoms with Crippen molar-refractivity contribution in [2.24, 2.45) is 5.73 Å². The van der Waals surface area contributed by atoms with Gasteiger partial charge in [-0.25, -0.2) is 0 Å². The third-order valence-electron chi connectivity index (χ3n) is 2.60. The quantitative estimate of drug-likeness (QED) is 0.532. The minimum Gasteiger partial charge on any atom is -0.397 e. The summed E-state index contributed by atoms with van der Waals surface area (Å²) in [6, 6.07) is 9.67. The summed E-state index contributed by atoms with van der Waals surface area (Å²) in [5.41, 5.74) is 6.19. The van der Waals surface area contributed by atoms with Crippen molar-refractivity contribution in [3.8, 4) is 6.07 Å². The molecule has 1 heterocycles. The third kappa shape index (κ3) is 2.64. The maximum atomic E-state index is 11.1. The van der Waals surface area contributed by atoms with Crippen molar-refractivity contribution in [1.29, 1.82) is 5.26 Å². The van der Waals surface area contributed by atoms with Crippen LogP contribution in [0.15, 0.2) is 35.7 Å². The maximum absolute atomic E-state index is 11.1. The van der Waals surface area contributed by atoms with E-state index < -0.39 is 4.92 Å². The van der Waals surface area contributed by atoms with Crippen molar-refractivity contribution < 1.29 is 4.92 Å². The lowest BCUT2D eigenvalue weighted by molar-refractivity contribution is -0.385. The van der Waals surface area contributed by atoms with E-state index in [1.807, 2.05) is 6.07 Å². The van der Waals surface area contributed by atoms with E-state index in [-0.39, 0.29) is 27.5 Å². The van der Waals surface area contributed by atoms with E-state index in [0.717, 1.165) is 0 Å². The fraction of sp³-hybridized carbons (Fsp3) is 0. The van der Waals surface area contributed by atoms with Gasteiger partial charge in [0.05, 0.1) is 21.8 Å². The fourth-order valence-electron chi connectivity index (χ4n) is 1.69. The lowest BCUT2D eigenvalue weighted by Crippen LogP contribution is -2.03. The Morgan fingerprint density at radius 1 is 1.45 bits per heavy atom. The zero-order chi connectivity index (χ0) is 14.7. The van der Waals surface area contributed by atoms with Crippen LogP contribution in [0.4, 0.5) is 5.69 Å². The molecular formula is C13H8ClN3O2S. The van der Waals surface area contributed by atoms with Crippen LogP contribution >= 0.6 is 22.9 Å². The molecule has 0 saturated carbocycles. The monoisotopic (exact) mass is 305 g/mol. The molecule has 7 heteroatoms. The van der Waals surface area contributed by atoms with Gasteiger partial charge in [-0.3, -0.25) is 10.1 Å². The number of nitro benzene ring substituents is 1. The first-order valence-electron chi connectivity index (χ1n) is 5.42. The van der Waals surface area contributed by atoms with Crippen LogP contribution < -0.4 is 5.73 Å². The summed E-state index contributed by atoms with van der Waals surface area (Å²) in [7, 11) is 0. The molecule has 2 aromatic rings. The normalized spacial score (nSPS) is 11.6. The number of nitro groups is 1. The van der Waals surface area contributed by atoms with Gasteiger partial charge in [0.1, 0.15) is 6.07 Å². The minimum absolute atomic E-state index is 0.0679. The Labute approximate surface area is 123 Å². The first-order valence-corrected chi connectivity index (χ1v) is 6.68. The zero-order valence-electron chi connectivity index (χ0n) is 10.0. The molecule has 0 atom stereocenters. The number of halogens is 1. The van der Waals surface area contributed by atoms with Gasteiger partial charge in [-0.05, 0) is 23.6 Å². The van der Waals surface area contributed by atoms with Crippen molar-refractivity contribution in [3.63, 3.8) is 0 Å². The number of rotatable bonds is 3. The van der Waals surface area contributed by atoms with Crippen LogP contribution in [-0.2, 0) is 0 Å². The zero-order valence-corrected chi connectivity index (χ0v) is 11.6. The van der Waals surface area contributed by atoms with Crippen molar-refractivity contribution in [1.82, 2.24) is 0 Å². The number of hydrogen-bond donors (Lipinski definition) is 1. The highest BCUT2D eigenvalue weighted by molar-refractivity contribution is 7.11.